The molecule has 0 fully saturated rings. The van der Waals surface area contributed by atoms with Gasteiger partial charge in [0.1, 0.15) is 5.82 Å². The number of pyridine rings is 1. The molecule has 0 N–H and O–H groups in total. The zero-order valence-corrected chi connectivity index (χ0v) is 14.7. The maximum absolute atomic E-state index is 4.89. The van der Waals surface area contributed by atoms with Crippen molar-refractivity contribution in [2.75, 3.05) is 11.9 Å². The average Bonchev–Trinajstić information content (AvgIpc) is 3.23. The molecule has 6 heteroatoms. The maximum atomic E-state index is 4.89. The van der Waals surface area contributed by atoms with Gasteiger partial charge in [-0.25, -0.2) is 15.0 Å². The van der Waals surface area contributed by atoms with E-state index < -0.39 is 0 Å². The minimum atomic E-state index is 0.792. The third-order valence-corrected chi connectivity index (χ3v) is 5.17. The monoisotopic (exact) mass is 337 g/mol. The van der Waals surface area contributed by atoms with Crippen molar-refractivity contribution in [1.82, 2.24) is 19.9 Å². The van der Waals surface area contributed by atoms with Gasteiger partial charge in [-0.15, -0.1) is 11.3 Å². The highest BCUT2D eigenvalue weighted by Crippen LogP contribution is 2.31. The van der Waals surface area contributed by atoms with Crippen LogP contribution in [0, 0.1) is 6.92 Å². The molecule has 5 nitrogen and oxygen atoms in total. The minimum Gasteiger partial charge on any atom is -0.354 e. The van der Waals surface area contributed by atoms with E-state index in [0.717, 1.165) is 48.0 Å². The molecular formula is C18H19N5S. The molecule has 1 aliphatic carbocycles. The van der Waals surface area contributed by atoms with Gasteiger partial charge in [-0.1, -0.05) is 0 Å². The van der Waals surface area contributed by atoms with Crippen LogP contribution in [-0.2, 0) is 19.4 Å². The van der Waals surface area contributed by atoms with Gasteiger partial charge in [0.05, 0.1) is 11.6 Å². The lowest BCUT2D eigenvalue weighted by atomic mass is 10.2. The van der Waals surface area contributed by atoms with E-state index in [2.05, 4.69) is 21.9 Å². The standard InChI is InChI=1S/C18H19N5S/c1-12-20-10-14(24-12)11-23(2)18-15-4-3-5-16(15)21-17(22-18)13-6-8-19-9-7-13/h6-10H,3-5,11H2,1-2H3. The normalized spacial score (nSPS) is 13.1. The summed E-state index contributed by atoms with van der Waals surface area (Å²) in [4.78, 5) is 21.6. The molecule has 0 spiro atoms. The zero-order chi connectivity index (χ0) is 16.5. The lowest BCUT2D eigenvalue weighted by Gasteiger charge is -2.21. The van der Waals surface area contributed by atoms with Gasteiger partial charge in [-0.2, -0.15) is 0 Å². The van der Waals surface area contributed by atoms with E-state index in [-0.39, 0.29) is 0 Å². The summed E-state index contributed by atoms with van der Waals surface area (Å²) < 4.78 is 0. The quantitative estimate of drug-likeness (QED) is 0.730. The Morgan fingerprint density at radius 1 is 1.17 bits per heavy atom. The number of hydrogen-bond donors (Lipinski definition) is 0. The van der Waals surface area contributed by atoms with E-state index in [9.17, 15) is 0 Å². The lowest BCUT2D eigenvalue weighted by Crippen LogP contribution is -2.20. The molecule has 0 amide bonds. The molecule has 24 heavy (non-hydrogen) atoms. The number of rotatable bonds is 4. The van der Waals surface area contributed by atoms with Crippen LogP contribution in [0.25, 0.3) is 11.4 Å². The number of fused-ring (bicyclic) bond motifs is 1. The molecule has 0 saturated carbocycles. The molecule has 3 heterocycles. The molecule has 0 aliphatic heterocycles. The molecular weight excluding hydrogens is 318 g/mol. The van der Waals surface area contributed by atoms with Gasteiger partial charge in [0, 0.05) is 47.3 Å². The van der Waals surface area contributed by atoms with Crippen LogP contribution >= 0.6 is 11.3 Å². The first kappa shape index (κ1) is 15.2. The number of aryl methyl sites for hydroxylation is 2. The van der Waals surface area contributed by atoms with E-state index in [1.165, 1.54) is 16.1 Å². The van der Waals surface area contributed by atoms with Gasteiger partial charge in [-0.05, 0) is 38.3 Å². The average molecular weight is 337 g/mol. The van der Waals surface area contributed by atoms with Crippen LogP contribution in [0.5, 0.6) is 0 Å². The fourth-order valence-electron chi connectivity index (χ4n) is 3.15. The van der Waals surface area contributed by atoms with Crippen LogP contribution in [0.4, 0.5) is 5.82 Å². The second-order valence-electron chi connectivity index (χ2n) is 6.09. The van der Waals surface area contributed by atoms with Gasteiger partial charge in [0.25, 0.3) is 0 Å². The first-order chi connectivity index (χ1) is 11.7. The molecule has 3 aromatic heterocycles. The summed E-state index contributed by atoms with van der Waals surface area (Å²) in [5.41, 5.74) is 3.51. The van der Waals surface area contributed by atoms with Gasteiger partial charge in [0.2, 0.25) is 0 Å². The molecule has 0 atom stereocenters. The van der Waals surface area contributed by atoms with Crippen LogP contribution in [0.15, 0.2) is 30.7 Å². The highest BCUT2D eigenvalue weighted by Gasteiger charge is 2.22. The smallest absolute Gasteiger partial charge is 0.161 e. The van der Waals surface area contributed by atoms with Crippen LogP contribution in [0.3, 0.4) is 0 Å². The Hall–Kier alpha value is -2.34. The van der Waals surface area contributed by atoms with Crippen LogP contribution in [0.2, 0.25) is 0 Å². The van der Waals surface area contributed by atoms with Crippen LogP contribution < -0.4 is 4.90 Å². The van der Waals surface area contributed by atoms with Crippen molar-refractivity contribution in [3.63, 3.8) is 0 Å². The molecule has 0 radical (unpaired) electrons. The van der Waals surface area contributed by atoms with Crippen molar-refractivity contribution in [2.45, 2.75) is 32.7 Å². The summed E-state index contributed by atoms with van der Waals surface area (Å²) in [5, 5.41) is 1.10. The summed E-state index contributed by atoms with van der Waals surface area (Å²) in [6, 6.07) is 3.93. The summed E-state index contributed by atoms with van der Waals surface area (Å²) in [5.74, 6) is 1.84. The summed E-state index contributed by atoms with van der Waals surface area (Å²) in [7, 11) is 2.10. The summed E-state index contributed by atoms with van der Waals surface area (Å²) >= 11 is 1.74. The van der Waals surface area contributed by atoms with Crippen molar-refractivity contribution in [1.29, 1.82) is 0 Å². The molecule has 0 unspecified atom stereocenters. The van der Waals surface area contributed by atoms with Crippen molar-refractivity contribution < 1.29 is 0 Å². The third-order valence-electron chi connectivity index (χ3n) is 4.27. The topological polar surface area (TPSA) is 54.8 Å². The van der Waals surface area contributed by atoms with Crippen LogP contribution in [-0.4, -0.2) is 27.0 Å². The van der Waals surface area contributed by atoms with Crippen LogP contribution in [0.1, 0.15) is 27.6 Å². The number of thiazole rings is 1. The van der Waals surface area contributed by atoms with E-state index in [0.29, 0.717) is 0 Å². The first-order valence-corrected chi connectivity index (χ1v) is 8.95. The van der Waals surface area contributed by atoms with Gasteiger partial charge >= 0.3 is 0 Å². The predicted molar refractivity (Wildman–Crippen MR) is 96.2 cm³/mol. The van der Waals surface area contributed by atoms with Crippen molar-refractivity contribution in [3.8, 4) is 11.4 Å². The maximum Gasteiger partial charge on any atom is 0.161 e. The number of anilines is 1. The van der Waals surface area contributed by atoms with Crippen molar-refractivity contribution >= 4 is 17.2 Å². The summed E-state index contributed by atoms with van der Waals surface area (Å²) in [6.45, 7) is 2.86. The van der Waals surface area contributed by atoms with E-state index >= 15 is 0 Å². The SMILES string of the molecule is Cc1ncc(CN(C)c2nc(-c3ccncc3)nc3c2CCC3)s1. The second-order valence-corrected chi connectivity index (χ2v) is 7.41. The summed E-state index contributed by atoms with van der Waals surface area (Å²) in [6.07, 6.45) is 8.79. The number of hydrogen-bond acceptors (Lipinski definition) is 6. The second kappa shape index (κ2) is 6.28. The van der Waals surface area contributed by atoms with E-state index in [4.69, 9.17) is 9.97 Å². The van der Waals surface area contributed by atoms with E-state index in [1.807, 2.05) is 25.3 Å². The molecule has 0 bridgehead atoms. The highest BCUT2D eigenvalue weighted by molar-refractivity contribution is 7.11. The minimum absolute atomic E-state index is 0.792. The van der Waals surface area contributed by atoms with Gasteiger partial charge in [0.15, 0.2) is 5.82 Å². The zero-order valence-electron chi connectivity index (χ0n) is 13.9. The Kier molecular flexibility index (Phi) is 3.98. The Morgan fingerprint density at radius 2 is 2.00 bits per heavy atom. The Bertz CT molecular complexity index is 859. The number of nitrogens with zero attached hydrogens (tertiary/aromatic N) is 5. The molecule has 0 saturated heterocycles. The number of aromatic nitrogens is 4. The fourth-order valence-corrected chi connectivity index (χ4v) is 3.99. The lowest BCUT2D eigenvalue weighted by molar-refractivity contribution is 0.879. The molecule has 0 aromatic carbocycles. The molecule has 3 aromatic rings. The predicted octanol–water partition coefficient (Wildman–Crippen LogP) is 3.43. The van der Waals surface area contributed by atoms with Crippen molar-refractivity contribution in [3.05, 3.63) is 51.9 Å². The largest absolute Gasteiger partial charge is 0.354 e. The molecule has 1 aliphatic rings. The Balaban J connectivity index is 1.72. The molecule has 122 valence electrons. The molecule has 4 rings (SSSR count). The Morgan fingerprint density at radius 3 is 2.75 bits per heavy atom. The Labute approximate surface area is 145 Å². The van der Waals surface area contributed by atoms with Gasteiger partial charge < -0.3 is 4.90 Å². The fraction of sp³-hybridized carbons (Fsp3) is 0.333. The van der Waals surface area contributed by atoms with Crippen molar-refractivity contribution in [2.24, 2.45) is 0 Å². The highest BCUT2D eigenvalue weighted by atomic mass is 32.1. The van der Waals surface area contributed by atoms with E-state index in [1.54, 1.807) is 23.7 Å². The third kappa shape index (κ3) is 2.89. The van der Waals surface area contributed by atoms with Gasteiger partial charge in [-0.3, -0.25) is 4.98 Å². The first-order valence-electron chi connectivity index (χ1n) is 8.13.